The zero-order valence-corrected chi connectivity index (χ0v) is 9.48. The number of ether oxygens (including phenoxy) is 1. The van der Waals surface area contributed by atoms with Crippen molar-refractivity contribution < 1.29 is 13.2 Å². The zero-order valence-electron chi connectivity index (χ0n) is 8.67. The lowest BCUT2D eigenvalue weighted by Gasteiger charge is -2.23. The first kappa shape index (κ1) is 10.2. The molecule has 1 aromatic heterocycles. The largest absolute Gasteiger partial charge is 0.370 e. The molecule has 2 aliphatic rings. The fourth-order valence-corrected chi connectivity index (χ4v) is 2.58. The van der Waals surface area contributed by atoms with E-state index in [1.807, 2.05) is 0 Å². The second-order valence-electron chi connectivity index (χ2n) is 4.30. The van der Waals surface area contributed by atoms with Gasteiger partial charge in [-0.25, -0.2) is 13.6 Å². The van der Waals surface area contributed by atoms with Crippen LogP contribution in [0.1, 0.15) is 24.6 Å². The normalized spacial score (nSPS) is 25.4. The predicted molar refractivity (Wildman–Crippen MR) is 55.0 cm³/mol. The Morgan fingerprint density at radius 2 is 2.25 bits per heavy atom. The van der Waals surface area contributed by atoms with Gasteiger partial charge in [0.05, 0.1) is 18.8 Å². The highest BCUT2D eigenvalue weighted by Gasteiger charge is 2.38. The number of rotatable bonds is 2. The van der Waals surface area contributed by atoms with E-state index in [9.17, 15) is 8.42 Å². The fraction of sp³-hybridized carbons (Fsp3) is 0.667. The number of nitrogens with two attached hydrogens (primary N) is 1. The number of fused-ring (bicyclic) bond motifs is 1. The number of aromatic nitrogens is 2. The van der Waals surface area contributed by atoms with E-state index in [1.165, 1.54) is 6.07 Å². The number of hydrogen-bond donors (Lipinski definition) is 1. The van der Waals surface area contributed by atoms with Gasteiger partial charge in [-0.15, -0.1) is 0 Å². The molecule has 2 N–H and O–H groups in total. The van der Waals surface area contributed by atoms with Crippen molar-refractivity contribution in [1.29, 1.82) is 0 Å². The van der Waals surface area contributed by atoms with Gasteiger partial charge in [-0.2, -0.15) is 5.10 Å². The maximum atomic E-state index is 11.2. The molecule has 3 rings (SSSR count). The maximum absolute atomic E-state index is 11.2. The van der Waals surface area contributed by atoms with E-state index in [0.29, 0.717) is 19.1 Å². The third-order valence-electron chi connectivity index (χ3n) is 3.02. The van der Waals surface area contributed by atoms with Crippen molar-refractivity contribution in [2.45, 2.75) is 30.5 Å². The summed E-state index contributed by atoms with van der Waals surface area (Å²) >= 11 is 0. The Hall–Kier alpha value is -0.920. The third-order valence-corrected chi connectivity index (χ3v) is 3.80. The molecule has 0 amide bonds. The molecule has 7 heteroatoms. The van der Waals surface area contributed by atoms with Gasteiger partial charge in [-0.1, -0.05) is 0 Å². The number of primary sulfonamides is 1. The van der Waals surface area contributed by atoms with Gasteiger partial charge in [-0.3, -0.25) is 4.68 Å². The van der Waals surface area contributed by atoms with Crippen LogP contribution in [0.4, 0.5) is 0 Å². The topological polar surface area (TPSA) is 87.2 Å². The third kappa shape index (κ3) is 1.64. The van der Waals surface area contributed by atoms with Gasteiger partial charge in [0.2, 0.25) is 0 Å². The van der Waals surface area contributed by atoms with Crippen LogP contribution < -0.4 is 5.14 Å². The molecule has 0 spiro atoms. The first-order valence-corrected chi connectivity index (χ1v) is 6.82. The fourth-order valence-electron chi connectivity index (χ4n) is 2.08. The molecule has 1 atom stereocenters. The molecule has 6 nitrogen and oxygen atoms in total. The van der Waals surface area contributed by atoms with Crippen molar-refractivity contribution in [2.75, 3.05) is 6.61 Å². The maximum Gasteiger partial charge on any atom is 0.257 e. The van der Waals surface area contributed by atoms with Gasteiger partial charge in [-0.05, 0) is 18.8 Å². The van der Waals surface area contributed by atoms with E-state index in [2.05, 4.69) is 5.10 Å². The zero-order chi connectivity index (χ0) is 11.3. The number of hydrogen-bond acceptors (Lipinski definition) is 4. The van der Waals surface area contributed by atoms with Gasteiger partial charge in [0.15, 0.2) is 5.03 Å². The molecule has 1 aliphatic heterocycles. The van der Waals surface area contributed by atoms with Crippen molar-refractivity contribution in [1.82, 2.24) is 9.78 Å². The molecule has 1 unspecified atom stereocenters. The van der Waals surface area contributed by atoms with Crippen LogP contribution in [0, 0.1) is 5.92 Å². The Morgan fingerprint density at radius 3 is 2.88 bits per heavy atom. The summed E-state index contributed by atoms with van der Waals surface area (Å²) in [6.07, 6.45) is 2.28. The SMILES string of the molecule is NS(=O)(=O)c1cc2n(n1)CCOC2C1CC1. The Morgan fingerprint density at radius 1 is 1.50 bits per heavy atom. The van der Waals surface area contributed by atoms with Gasteiger partial charge in [0.25, 0.3) is 10.0 Å². The van der Waals surface area contributed by atoms with Crippen molar-refractivity contribution in [3.8, 4) is 0 Å². The molecule has 16 heavy (non-hydrogen) atoms. The van der Waals surface area contributed by atoms with Crippen molar-refractivity contribution in [2.24, 2.45) is 11.1 Å². The molecule has 1 aromatic rings. The minimum atomic E-state index is -3.71. The molecule has 0 bridgehead atoms. The lowest BCUT2D eigenvalue weighted by atomic mass is 10.1. The average Bonchev–Trinajstić information content (AvgIpc) is 2.93. The van der Waals surface area contributed by atoms with Crippen LogP contribution in [0.15, 0.2) is 11.1 Å². The quantitative estimate of drug-likeness (QED) is 0.792. The highest BCUT2D eigenvalue weighted by molar-refractivity contribution is 7.89. The summed E-state index contributed by atoms with van der Waals surface area (Å²) in [5, 5.41) is 9.01. The lowest BCUT2D eigenvalue weighted by Crippen LogP contribution is -2.23. The Labute approximate surface area is 93.4 Å². The summed E-state index contributed by atoms with van der Waals surface area (Å²) < 4.78 is 29.8. The van der Waals surface area contributed by atoms with E-state index >= 15 is 0 Å². The van der Waals surface area contributed by atoms with E-state index in [4.69, 9.17) is 9.88 Å². The number of sulfonamides is 1. The summed E-state index contributed by atoms with van der Waals surface area (Å²) in [4.78, 5) is 0. The van der Waals surface area contributed by atoms with Crippen LogP contribution in [0.5, 0.6) is 0 Å². The standard InChI is InChI=1S/C9H13N3O3S/c10-16(13,14)8-5-7-9(6-1-2-6)15-4-3-12(7)11-8/h5-6,9H,1-4H2,(H2,10,13,14). The van der Waals surface area contributed by atoms with Crippen LogP contribution in [-0.4, -0.2) is 24.8 Å². The summed E-state index contributed by atoms with van der Waals surface area (Å²) in [7, 11) is -3.71. The van der Waals surface area contributed by atoms with Crippen molar-refractivity contribution in [3.05, 3.63) is 11.8 Å². The highest BCUT2D eigenvalue weighted by atomic mass is 32.2. The molecule has 1 saturated carbocycles. The molecular weight excluding hydrogens is 230 g/mol. The monoisotopic (exact) mass is 243 g/mol. The summed E-state index contributed by atoms with van der Waals surface area (Å²) in [5.74, 6) is 0.518. The first-order valence-electron chi connectivity index (χ1n) is 5.28. The Bertz CT molecular complexity index is 518. The van der Waals surface area contributed by atoms with Crippen LogP contribution in [0.2, 0.25) is 0 Å². The van der Waals surface area contributed by atoms with Gasteiger partial charge in [0, 0.05) is 6.07 Å². The van der Waals surface area contributed by atoms with Crippen LogP contribution in [0.25, 0.3) is 0 Å². The van der Waals surface area contributed by atoms with Crippen LogP contribution in [-0.2, 0) is 21.3 Å². The summed E-state index contributed by atoms with van der Waals surface area (Å²) in [6, 6.07) is 1.54. The first-order chi connectivity index (χ1) is 7.55. The smallest absolute Gasteiger partial charge is 0.257 e. The molecule has 1 fully saturated rings. The van der Waals surface area contributed by atoms with Gasteiger partial charge < -0.3 is 4.74 Å². The van der Waals surface area contributed by atoms with E-state index in [1.54, 1.807) is 4.68 Å². The van der Waals surface area contributed by atoms with Gasteiger partial charge >= 0.3 is 0 Å². The molecular formula is C9H13N3O3S. The highest BCUT2D eigenvalue weighted by Crippen LogP contribution is 2.44. The second kappa shape index (κ2) is 3.28. The summed E-state index contributed by atoms with van der Waals surface area (Å²) in [5.41, 5.74) is 0.845. The molecule has 1 aliphatic carbocycles. The van der Waals surface area contributed by atoms with Crippen LogP contribution in [0.3, 0.4) is 0 Å². The van der Waals surface area contributed by atoms with E-state index in [0.717, 1.165) is 18.5 Å². The molecule has 0 radical (unpaired) electrons. The number of nitrogens with zero attached hydrogens (tertiary/aromatic N) is 2. The van der Waals surface area contributed by atoms with Crippen LogP contribution >= 0.6 is 0 Å². The Kier molecular flexibility index (Phi) is 2.10. The molecule has 0 saturated heterocycles. The molecule has 88 valence electrons. The lowest BCUT2D eigenvalue weighted by molar-refractivity contribution is 0.00273. The minimum absolute atomic E-state index is 0.00301. The second-order valence-corrected chi connectivity index (χ2v) is 5.81. The van der Waals surface area contributed by atoms with E-state index < -0.39 is 10.0 Å². The minimum Gasteiger partial charge on any atom is -0.370 e. The summed E-state index contributed by atoms with van der Waals surface area (Å²) in [6.45, 7) is 1.17. The van der Waals surface area contributed by atoms with Crippen molar-refractivity contribution in [3.63, 3.8) is 0 Å². The van der Waals surface area contributed by atoms with Crippen molar-refractivity contribution >= 4 is 10.0 Å². The average molecular weight is 243 g/mol. The predicted octanol–water partition coefficient (Wildman–Crippen LogP) is 0.0118. The molecule has 2 heterocycles. The van der Waals surface area contributed by atoms with E-state index in [-0.39, 0.29) is 11.1 Å². The Balaban J connectivity index is 2.04. The van der Waals surface area contributed by atoms with Gasteiger partial charge in [0.1, 0.15) is 6.10 Å². The molecule has 0 aromatic carbocycles.